The highest BCUT2D eigenvalue weighted by atomic mass is 79.9. The standard InChI is InChI=1S/C14H18BrN3O2/c1-14(2,3)20-13(19)18-7-6-17-12-5-4-10(9-16)8-11(12)15/h4-5,8,17H,6-7H2,1-3H3,(H,18,19). The summed E-state index contributed by atoms with van der Waals surface area (Å²) in [5.41, 5.74) is 0.970. The van der Waals surface area contributed by atoms with E-state index in [9.17, 15) is 4.79 Å². The van der Waals surface area contributed by atoms with E-state index >= 15 is 0 Å². The third-order valence-corrected chi connectivity index (χ3v) is 2.86. The molecule has 0 saturated carbocycles. The van der Waals surface area contributed by atoms with Gasteiger partial charge in [0.2, 0.25) is 0 Å². The molecule has 0 aliphatic heterocycles. The van der Waals surface area contributed by atoms with Crippen molar-refractivity contribution in [2.75, 3.05) is 18.4 Å². The van der Waals surface area contributed by atoms with E-state index in [1.165, 1.54) is 0 Å². The van der Waals surface area contributed by atoms with Crippen LogP contribution in [0.25, 0.3) is 0 Å². The Labute approximate surface area is 127 Å². The Hall–Kier alpha value is -1.74. The normalized spacial score (nSPS) is 10.6. The van der Waals surface area contributed by atoms with Crippen molar-refractivity contribution in [3.05, 3.63) is 28.2 Å². The van der Waals surface area contributed by atoms with Crippen LogP contribution in [0.15, 0.2) is 22.7 Å². The van der Waals surface area contributed by atoms with Crippen LogP contribution in [0.1, 0.15) is 26.3 Å². The molecule has 20 heavy (non-hydrogen) atoms. The van der Waals surface area contributed by atoms with Gasteiger partial charge in [0.15, 0.2) is 0 Å². The minimum Gasteiger partial charge on any atom is -0.444 e. The molecule has 0 fully saturated rings. The molecule has 5 nitrogen and oxygen atoms in total. The number of nitrogens with one attached hydrogen (secondary N) is 2. The fraction of sp³-hybridized carbons (Fsp3) is 0.429. The molecule has 6 heteroatoms. The monoisotopic (exact) mass is 339 g/mol. The minimum absolute atomic E-state index is 0.432. The van der Waals surface area contributed by atoms with E-state index in [4.69, 9.17) is 10.00 Å². The molecule has 1 aromatic carbocycles. The number of hydrogen-bond donors (Lipinski definition) is 2. The maximum Gasteiger partial charge on any atom is 0.407 e. The zero-order chi connectivity index (χ0) is 15.2. The van der Waals surface area contributed by atoms with E-state index < -0.39 is 11.7 Å². The highest BCUT2D eigenvalue weighted by Gasteiger charge is 2.15. The predicted molar refractivity (Wildman–Crippen MR) is 81.6 cm³/mol. The van der Waals surface area contributed by atoms with Gasteiger partial charge in [0.25, 0.3) is 0 Å². The van der Waals surface area contributed by atoms with Crippen LogP contribution in [0.2, 0.25) is 0 Å². The molecule has 0 aliphatic carbocycles. The summed E-state index contributed by atoms with van der Waals surface area (Å²) in [5.74, 6) is 0. The average molecular weight is 340 g/mol. The highest BCUT2D eigenvalue weighted by Crippen LogP contribution is 2.22. The van der Waals surface area contributed by atoms with Crippen LogP contribution in [-0.4, -0.2) is 24.8 Å². The first kappa shape index (κ1) is 16.3. The van der Waals surface area contributed by atoms with Crippen LogP contribution < -0.4 is 10.6 Å². The summed E-state index contributed by atoms with van der Waals surface area (Å²) in [4.78, 5) is 11.4. The van der Waals surface area contributed by atoms with Crippen molar-refractivity contribution in [2.24, 2.45) is 0 Å². The van der Waals surface area contributed by atoms with Gasteiger partial charge in [-0.2, -0.15) is 5.26 Å². The fourth-order valence-corrected chi connectivity index (χ4v) is 1.92. The van der Waals surface area contributed by atoms with Crippen molar-refractivity contribution in [2.45, 2.75) is 26.4 Å². The van der Waals surface area contributed by atoms with Gasteiger partial charge in [0.05, 0.1) is 11.6 Å². The van der Waals surface area contributed by atoms with Gasteiger partial charge in [-0.3, -0.25) is 0 Å². The van der Waals surface area contributed by atoms with Crippen molar-refractivity contribution in [1.29, 1.82) is 5.26 Å². The fourth-order valence-electron chi connectivity index (χ4n) is 1.40. The lowest BCUT2D eigenvalue weighted by Crippen LogP contribution is -2.35. The van der Waals surface area contributed by atoms with Crippen LogP contribution in [0.4, 0.5) is 10.5 Å². The number of rotatable bonds is 4. The highest BCUT2D eigenvalue weighted by molar-refractivity contribution is 9.10. The Kier molecular flexibility index (Phi) is 5.83. The SMILES string of the molecule is CC(C)(C)OC(=O)NCCNc1ccc(C#N)cc1Br. The number of ether oxygens (including phenoxy) is 1. The van der Waals surface area contributed by atoms with Gasteiger partial charge in [-0.25, -0.2) is 4.79 Å². The van der Waals surface area contributed by atoms with Crippen LogP contribution in [0.5, 0.6) is 0 Å². The van der Waals surface area contributed by atoms with Crippen molar-refractivity contribution >= 4 is 27.7 Å². The van der Waals surface area contributed by atoms with Crippen molar-refractivity contribution < 1.29 is 9.53 Å². The topological polar surface area (TPSA) is 74.2 Å². The number of hydrogen-bond acceptors (Lipinski definition) is 4. The molecular formula is C14H18BrN3O2. The molecule has 0 radical (unpaired) electrons. The summed E-state index contributed by atoms with van der Waals surface area (Å²) in [6.07, 6.45) is -0.432. The lowest BCUT2D eigenvalue weighted by molar-refractivity contribution is 0.0530. The zero-order valence-electron chi connectivity index (χ0n) is 11.8. The van der Waals surface area contributed by atoms with Gasteiger partial charge in [-0.05, 0) is 54.9 Å². The molecule has 1 aromatic rings. The molecular weight excluding hydrogens is 322 g/mol. The number of carbonyl (C=O) groups excluding carboxylic acids is 1. The molecule has 0 aliphatic rings. The number of anilines is 1. The molecule has 0 heterocycles. The summed E-state index contributed by atoms with van der Waals surface area (Å²) in [5, 5.41) is 14.6. The van der Waals surface area contributed by atoms with E-state index in [0.717, 1.165) is 10.2 Å². The van der Waals surface area contributed by atoms with Gasteiger partial charge in [-0.15, -0.1) is 0 Å². The first-order valence-corrected chi connectivity index (χ1v) is 7.01. The summed E-state index contributed by atoms with van der Waals surface area (Å²) in [7, 11) is 0. The summed E-state index contributed by atoms with van der Waals surface area (Å²) >= 11 is 3.38. The van der Waals surface area contributed by atoms with Gasteiger partial charge >= 0.3 is 6.09 Å². The maximum atomic E-state index is 11.4. The van der Waals surface area contributed by atoms with E-state index in [-0.39, 0.29) is 0 Å². The van der Waals surface area contributed by atoms with E-state index in [0.29, 0.717) is 18.7 Å². The third kappa shape index (κ3) is 5.93. The van der Waals surface area contributed by atoms with Crippen molar-refractivity contribution in [1.82, 2.24) is 5.32 Å². The molecule has 0 spiro atoms. The number of alkyl carbamates (subject to hydrolysis) is 1. The molecule has 0 unspecified atom stereocenters. The van der Waals surface area contributed by atoms with Crippen LogP contribution >= 0.6 is 15.9 Å². The number of carbonyl (C=O) groups is 1. The maximum absolute atomic E-state index is 11.4. The largest absolute Gasteiger partial charge is 0.444 e. The van der Waals surface area contributed by atoms with Crippen LogP contribution in [0, 0.1) is 11.3 Å². The molecule has 2 N–H and O–H groups in total. The molecule has 1 amide bonds. The molecule has 108 valence electrons. The number of halogens is 1. The predicted octanol–water partition coefficient (Wildman–Crippen LogP) is 3.26. The first-order chi connectivity index (χ1) is 9.31. The second-order valence-corrected chi connectivity index (χ2v) is 6.02. The Balaban J connectivity index is 2.35. The van der Waals surface area contributed by atoms with Crippen molar-refractivity contribution in [3.8, 4) is 6.07 Å². The van der Waals surface area contributed by atoms with Crippen LogP contribution in [-0.2, 0) is 4.74 Å². The third-order valence-electron chi connectivity index (χ3n) is 2.21. The molecule has 0 saturated heterocycles. The Morgan fingerprint density at radius 1 is 1.40 bits per heavy atom. The average Bonchev–Trinajstić information content (AvgIpc) is 2.33. The summed E-state index contributed by atoms with van der Waals surface area (Å²) in [6.45, 7) is 6.46. The smallest absolute Gasteiger partial charge is 0.407 e. The van der Waals surface area contributed by atoms with E-state index in [1.807, 2.05) is 26.8 Å². The molecule has 0 bridgehead atoms. The summed E-state index contributed by atoms with van der Waals surface area (Å²) in [6, 6.07) is 7.35. The quantitative estimate of drug-likeness (QED) is 0.825. The number of nitrogens with zero attached hydrogens (tertiary/aromatic N) is 1. The van der Waals surface area contributed by atoms with E-state index in [1.54, 1.807) is 12.1 Å². The minimum atomic E-state index is -0.492. The van der Waals surface area contributed by atoms with Gasteiger partial charge in [0, 0.05) is 23.2 Å². The van der Waals surface area contributed by atoms with E-state index in [2.05, 4.69) is 32.6 Å². The molecule has 0 atom stereocenters. The van der Waals surface area contributed by atoms with Gasteiger partial charge in [-0.1, -0.05) is 0 Å². The summed E-state index contributed by atoms with van der Waals surface area (Å²) < 4.78 is 5.93. The van der Waals surface area contributed by atoms with Gasteiger partial charge < -0.3 is 15.4 Å². The van der Waals surface area contributed by atoms with Gasteiger partial charge in [0.1, 0.15) is 5.60 Å². The lowest BCUT2D eigenvalue weighted by Gasteiger charge is -2.19. The Morgan fingerprint density at radius 3 is 2.65 bits per heavy atom. The molecule has 1 rings (SSSR count). The number of amides is 1. The van der Waals surface area contributed by atoms with Crippen LogP contribution in [0.3, 0.4) is 0 Å². The second-order valence-electron chi connectivity index (χ2n) is 5.16. The second kappa shape index (κ2) is 7.15. The van der Waals surface area contributed by atoms with Crippen molar-refractivity contribution in [3.63, 3.8) is 0 Å². The Morgan fingerprint density at radius 2 is 2.10 bits per heavy atom. The number of nitriles is 1. The first-order valence-electron chi connectivity index (χ1n) is 6.22. The zero-order valence-corrected chi connectivity index (χ0v) is 13.4. The Bertz CT molecular complexity index is 518. The number of benzene rings is 1. The lowest BCUT2D eigenvalue weighted by atomic mass is 10.2. The molecule has 0 aromatic heterocycles.